The van der Waals surface area contributed by atoms with E-state index in [2.05, 4.69) is 4.98 Å². The average Bonchev–Trinajstić information content (AvgIpc) is 2.73. The van der Waals surface area contributed by atoms with Crippen molar-refractivity contribution in [2.45, 2.75) is 12.5 Å². The van der Waals surface area contributed by atoms with Crippen molar-refractivity contribution >= 4 is 0 Å². The summed E-state index contributed by atoms with van der Waals surface area (Å²) in [5.74, 6) is -2.85. The molecule has 0 aliphatic rings. The maximum absolute atomic E-state index is 15.0. The van der Waals surface area contributed by atoms with Crippen LogP contribution in [0, 0.1) is 11.3 Å². The molecule has 1 heterocycles. The second kappa shape index (κ2) is 7.52. The Labute approximate surface area is 155 Å². The van der Waals surface area contributed by atoms with Crippen LogP contribution in [0.1, 0.15) is 22.4 Å². The second-order valence-electron chi connectivity index (χ2n) is 5.88. The fourth-order valence-corrected chi connectivity index (χ4v) is 2.76. The van der Waals surface area contributed by atoms with Crippen LogP contribution in [0.5, 0.6) is 5.75 Å². The number of benzene rings is 2. The molecule has 3 aromatic rings. The molecule has 0 radical (unpaired) electrons. The number of nitrogens with zero attached hydrogens (tertiary/aromatic N) is 2. The Hall–Kier alpha value is -3.30. The summed E-state index contributed by atoms with van der Waals surface area (Å²) in [6.45, 7) is -0.312. The number of pyridine rings is 1. The summed E-state index contributed by atoms with van der Waals surface area (Å²) < 4.78 is 35.3. The predicted molar refractivity (Wildman–Crippen MR) is 96.3 cm³/mol. The van der Waals surface area contributed by atoms with Crippen molar-refractivity contribution in [3.8, 4) is 22.9 Å². The first-order chi connectivity index (χ1) is 13.0. The van der Waals surface area contributed by atoms with Gasteiger partial charge in [0.2, 0.25) is 0 Å². The topological polar surface area (TPSA) is 66.1 Å². The highest BCUT2D eigenvalue weighted by atomic mass is 19.3. The number of nitriles is 1. The summed E-state index contributed by atoms with van der Waals surface area (Å²) in [4.78, 5) is 3.84. The Bertz CT molecular complexity index is 996. The number of methoxy groups -OCH3 is 1. The van der Waals surface area contributed by atoms with Gasteiger partial charge in [-0.15, -0.1) is 0 Å². The largest absolute Gasteiger partial charge is 0.496 e. The van der Waals surface area contributed by atoms with Gasteiger partial charge in [0.05, 0.1) is 31.0 Å². The SMILES string of the molecule is COc1ccc(C(F)(F)c2ccc(CO)nc2)cc1-c1cccc(C#N)c1. The number of aromatic nitrogens is 1. The van der Waals surface area contributed by atoms with Gasteiger partial charge in [0.25, 0.3) is 5.92 Å². The van der Waals surface area contributed by atoms with Crippen LogP contribution in [0.2, 0.25) is 0 Å². The molecule has 0 saturated carbocycles. The number of rotatable bonds is 5. The van der Waals surface area contributed by atoms with E-state index in [9.17, 15) is 0 Å². The average molecular weight is 366 g/mol. The van der Waals surface area contributed by atoms with E-state index in [1.165, 1.54) is 37.4 Å². The number of ether oxygens (including phenoxy) is 1. The number of aliphatic hydroxyl groups is 1. The molecule has 0 amide bonds. The number of hydrogen-bond donors (Lipinski definition) is 1. The van der Waals surface area contributed by atoms with Gasteiger partial charge in [-0.2, -0.15) is 14.0 Å². The lowest BCUT2D eigenvalue weighted by atomic mass is 9.95. The third-order valence-electron chi connectivity index (χ3n) is 4.21. The maximum Gasteiger partial charge on any atom is 0.299 e. The summed E-state index contributed by atoms with van der Waals surface area (Å²) >= 11 is 0. The molecule has 0 bridgehead atoms. The third kappa shape index (κ3) is 3.64. The molecule has 0 aliphatic carbocycles. The number of aliphatic hydroxyl groups excluding tert-OH is 1. The van der Waals surface area contributed by atoms with Gasteiger partial charge in [0.15, 0.2) is 0 Å². The van der Waals surface area contributed by atoms with Crippen molar-refractivity contribution in [3.05, 3.63) is 83.2 Å². The summed E-state index contributed by atoms with van der Waals surface area (Å²) in [7, 11) is 1.46. The smallest absolute Gasteiger partial charge is 0.299 e. The van der Waals surface area contributed by atoms with Gasteiger partial charge in [-0.1, -0.05) is 12.1 Å². The van der Waals surface area contributed by atoms with Crippen LogP contribution in [0.25, 0.3) is 11.1 Å². The zero-order valence-corrected chi connectivity index (χ0v) is 14.5. The van der Waals surface area contributed by atoms with Gasteiger partial charge in [0, 0.05) is 22.9 Å². The molecule has 0 atom stereocenters. The van der Waals surface area contributed by atoms with Crippen LogP contribution in [0.15, 0.2) is 60.8 Å². The van der Waals surface area contributed by atoms with E-state index in [1.807, 2.05) is 6.07 Å². The maximum atomic E-state index is 15.0. The van der Waals surface area contributed by atoms with Crippen molar-refractivity contribution in [2.24, 2.45) is 0 Å². The van der Waals surface area contributed by atoms with Crippen molar-refractivity contribution in [3.63, 3.8) is 0 Å². The molecule has 136 valence electrons. The summed E-state index contributed by atoms with van der Waals surface area (Å²) in [6, 6.07) is 15.5. The van der Waals surface area contributed by atoms with Crippen molar-refractivity contribution in [2.75, 3.05) is 7.11 Å². The van der Waals surface area contributed by atoms with Crippen LogP contribution in [0.4, 0.5) is 8.78 Å². The molecule has 4 nitrogen and oxygen atoms in total. The lowest BCUT2D eigenvalue weighted by Crippen LogP contribution is -2.16. The van der Waals surface area contributed by atoms with E-state index in [1.54, 1.807) is 24.3 Å². The molecule has 0 spiro atoms. The Morgan fingerprint density at radius 1 is 1.11 bits per heavy atom. The molecular weight excluding hydrogens is 350 g/mol. The standard InChI is InChI=1S/C21H16F2N2O2/c1-27-20-8-6-16(10-19(20)15-4-2-3-14(9-15)11-24)21(22,23)17-5-7-18(13-26)25-12-17/h2-10,12,26H,13H2,1H3. The molecule has 0 unspecified atom stereocenters. The Morgan fingerprint density at radius 3 is 2.52 bits per heavy atom. The van der Waals surface area contributed by atoms with Gasteiger partial charge in [-0.25, -0.2) is 0 Å². The third-order valence-corrected chi connectivity index (χ3v) is 4.21. The fourth-order valence-electron chi connectivity index (χ4n) is 2.76. The Kier molecular flexibility index (Phi) is 5.15. The minimum atomic E-state index is -3.28. The predicted octanol–water partition coefficient (Wildman–Crippen LogP) is 4.26. The normalized spacial score (nSPS) is 11.1. The van der Waals surface area contributed by atoms with Crippen LogP contribution in [-0.4, -0.2) is 17.2 Å². The quantitative estimate of drug-likeness (QED) is 0.733. The molecule has 1 aromatic heterocycles. The minimum absolute atomic E-state index is 0.223. The molecule has 2 aromatic carbocycles. The summed E-state index contributed by atoms with van der Waals surface area (Å²) in [5.41, 5.74) is 1.32. The van der Waals surface area contributed by atoms with Crippen LogP contribution >= 0.6 is 0 Å². The number of halogens is 2. The molecule has 1 N–H and O–H groups in total. The minimum Gasteiger partial charge on any atom is -0.496 e. The van der Waals surface area contributed by atoms with E-state index in [0.717, 1.165) is 6.20 Å². The lowest BCUT2D eigenvalue weighted by molar-refractivity contribution is 0.0424. The Morgan fingerprint density at radius 2 is 1.89 bits per heavy atom. The first-order valence-corrected chi connectivity index (χ1v) is 8.12. The van der Waals surface area contributed by atoms with Gasteiger partial charge in [0.1, 0.15) is 5.75 Å². The zero-order chi connectivity index (χ0) is 19.4. The number of hydrogen-bond acceptors (Lipinski definition) is 4. The van der Waals surface area contributed by atoms with E-state index in [4.69, 9.17) is 15.1 Å². The number of alkyl halides is 2. The molecule has 3 rings (SSSR count). The van der Waals surface area contributed by atoms with Crippen LogP contribution < -0.4 is 4.74 Å². The molecular formula is C21H16F2N2O2. The van der Waals surface area contributed by atoms with Gasteiger partial charge in [-0.3, -0.25) is 4.98 Å². The van der Waals surface area contributed by atoms with Crippen molar-refractivity contribution < 1.29 is 18.6 Å². The van der Waals surface area contributed by atoms with Crippen LogP contribution in [-0.2, 0) is 12.5 Å². The highest BCUT2D eigenvalue weighted by Crippen LogP contribution is 2.40. The van der Waals surface area contributed by atoms with Gasteiger partial charge in [-0.05, 0) is 48.0 Å². The summed E-state index contributed by atoms with van der Waals surface area (Å²) in [6.07, 6.45) is 1.06. The highest BCUT2D eigenvalue weighted by molar-refractivity contribution is 5.72. The zero-order valence-electron chi connectivity index (χ0n) is 14.5. The molecule has 6 heteroatoms. The monoisotopic (exact) mass is 366 g/mol. The molecule has 0 aliphatic heterocycles. The van der Waals surface area contributed by atoms with Gasteiger partial charge >= 0.3 is 0 Å². The Balaban J connectivity index is 2.09. The fraction of sp³-hybridized carbons (Fsp3) is 0.143. The molecule has 27 heavy (non-hydrogen) atoms. The van der Waals surface area contributed by atoms with E-state index >= 15 is 8.78 Å². The first-order valence-electron chi connectivity index (χ1n) is 8.12. The van der Waals surface area contributed by atoms with Gasteiger partial charge < -0.3 is 9.84 Å². The molecule has 0 saturated heterocycles. The highest BCUT2D eigenvalue weighted by Gasteiger charge is 2.35. The molecule has 0 fully saturated rings. The lowest BCUT2D eigenvalue weighted by Gasteiger charge is -2.19. The van der Waals surface area contributed by atoms with Crippen molar-refractivity contribution in [1.82, 2.24) is 4.98 Å². The summed E-state index contributed by atoms with van der Waals surface area (Å²) in [5, 5.41) is 18.1. The van der Waals surface area contributed by atoms with E-state index < -0.39 is 5.92 Å². The first kappa shape index (κ1) is 18.5. The second-order valence-corrected chi connectivity index (χ2v) is 5.88. The van der Waals surface area contributed by atoms with E-state index in [0.29, 0.717) is 28.1 Å². The van der Waals surface area contributed by atoms with E-state index in [-0.39, 0.29) is 17.7 Å². The van der Waals surface area contributed by atoms with Crippen LogP contribution in [0.3, 0.4) is 0 Å². The van der Waals surface area contributed by atoms with Crippen molar-refractivity contribution in [1.29, 1.82) is 5.26 Å².